The third-order valence-corrected chi connectivity index (χ3v) is 5.65. The summed E-state index contributed by atoms with van der Waals surface area (Å²) in [5.41, 5.74) is -0.306. The lowest BCUT2D eigenvalue weighted by molar-refractivity contribution is -0.154. The van der Waals surface area contributed by atoms with Crippen LogP contribution in [0, 0.1) is 5.82 Å². The molecule has 0 spiro atoms. The Balaban J connectivity index is 1.84. The minimum atomic E-state index is -4.56. The van der Waals surface area contributed by atoms with Crippen LogP contribution in [0.4, 0.5) is 29.3 Å². The van der Waals surface area contributed by atoms with E-state index in [1.807, 2.05) is 4.90 Å². The number of ether oxygens (including phenoxy) is 1. The van der Waals surface area contributed by atoms with E-state index in [-0.39, 0.29) is 24.5 Å². The van der Waals surface area contributed by atoms with E-state index in [0.717, 1.165) is 4.90 Å². The highest BCUT2D eigenvalue weighted by molar-refractivity contribution is 5.48. The van der Waals surface area contributed by atoms with Gasteiger partial charge < -0.3 is 14.5 Å². The number of benzene rings is 1. The Morgan fingerprint density at radius 1 is 1.17 bits per heavy atom. The van der Waals surface area contributed by atoms with Crippen molar-refractivity contribution in [3.63, 3.8) is 0 Å². The molecule has 0 saturated carbocycles. The molecule has 30 heavy (non-hydrogen) atoms. The van der Waals surface area contributed by atoms with Crippen LogP contribution in [0.3, 0.4) is 0 Å². The van der Waals surface area contributed by atoms with Crippen molar-refractivity contribution in [3.8, 4) is 0 Å². The van der Waals surface area contributed by atoms with Crippen molar-refractivity contribution in [2.75, 3.05) is 36.1 Å². The third-order valence-electron chi connectivity index (χ3n) is 5.65. The summed E-state index contributed by atoms with van der Waals surface area (Å²) in [6.07, 6.45) is -4.87. The maximum Gasteiger partial charge on any atom is 0.408 e. The van der Waals surface area contributed by atoms with E-state index in [4.69, 9.17) is 4.74 Å². The Bertz CT molecular complexity index is 972. The number of nitrogens with zero attached hydrogens (tertiary/aromatic N) is 4. The molecular weight excluding hydrogens is 404 g/mol. The largest absolute Gasteiger partial charge is 0.408 e. The van der Waals surface area contributed by atoms with E-state index < -0.39 is 29.6 Å². The minimum Gasteiger partial charge on any atom is -0.378 e. The Kier molecular flexibility index (Phi) is 5.44. The van der Waals surface area contributed by atoms with Gasteiger partial charge in [0.2, 0.25) is 5.95 Å². The summed E-state index contributed by atoms with van der Waals surface area (Å²) in [5, 5.41) is 0. The lowest BCUT2D eigenvalue weighted by atomic mass is 10.0. The molecule has 0 amide bonds. The number of aromatic nitrogens is 2. The molecule has 1 aromatic carbocycles. The molecule has 3 heterocycles. The Morgan fingerprint density at radius 3 is 2.53 bits per heavy atom. The van der Waals surface area contributed by atoms with Crippen LogP contribution in [0.1, 0.15) is 24.9 Å². The predicted molar refractivity (Wildman–Crippen MR) is 103 cm³/mol. The zero-order valence-electron chi connectivity index (χ0n) is 16.4. The molecule has 1 aromatic heterocycles. The van der Waals surface area contributed by atoms with Crippen molar-refractivity contribution in [2.45, 2.75) is 38.1 Å². The maximum absolute atomic E-state index is 14.4. The number of alkyl halides is 3. The average molecular weight is 426 g/mol. The molecule has 1 saturated heterocycles. The van der Waals surface area contributed by atoms with Gasteiger partial charge in [0.25, 0.3) is 5.56 Å². The smallest absolute Gasteiger partial charge is 0.378 e. The fourth-order valence-electron chi connectivity index (χ4n) is 4.10. The van der Waals surface area contributed by atoms with Gasteiger partial charge in [-0.1, -0.05) is 18.2 Å². The number of halogens is 4. The molecule has 0 aliphatic carbocycles. The highest BCUT2D eigenvalue weighted by atomic mass is 19.4. The molecule has 2 aliphatic rings. The van der Waals surface area contributed by atoms with Gasteiger partial charge in [-0.2, -0.15) is 18.2 Å². The van der Waals surface area contributed by atoms with Gasteiger partial charge >= 0.3 is 6.18 Å². The molecule has 2 aliphatic heterocycles. The Morgan fingerprint density at radius 2 is 1.87 bits per heavy atom. The van der Waals surface area contributed by atoms with Crippen LogP contribution in [0.25, 0.3) is 0 Å². The van der Waals surface area contributed by atoms with Crippen molar-refractivity contribution in [2.24, 2.45) is 0 Å². The highest BCUT2D eigenvalue weighted by Crippen LogP contribution is 2.40. The topological polar surface area (TPSA) is 50.6 Å². The van der Waals surface area contributed by atoms with Gasteiger partial charge in [0.1, 0.15) is 17.7 Å². The normalized spacial score (nSPS) is 20.8. The Labute approximate surface area is 170 Å². The first-order valence-electron chi connectivity index (χ1n) is 9.81. The zero-order chi connectivity index (χ0) is 21.5. The van der Waals surface area contributed by atoms with Crippen molar-refractivity contribution in [1.29, 1.82) is 0 Å². The Hall–Kier alpha value is -2.62. The van der Waals surface area contributed by atoms with Gasteiger partial charge in [0, 0.05) is 31.3 Å². The predicted octanol–water partition coefficient (Wildman–Crippen LogP) is 3.12. The van der Waals surface area contributed by atoms with E-state index in [9.17, 15) is 22.4 Å². The lowest BCUT2D eigenvalue weighted by Crippen LogP contribution is -2.53. The molecule has 10 heteroatoms. The van der Waals surface area contributed by atoms with Crippen LogP contribution >= 0.6 is 0 Å². The molecule has 162 valence electrons. The number of hydrogen-bond acceptors (Lipinski definition) is 5. The maximum atomic E-state index is 14.4. The van der Waals surface area contributed by atoms with Crippen LogP contribution in [0.5, 0.6) is 0 Å². The standard InChI is InChI=1S/C20H22F4N4O2/c1-13(14-4-2-3-5-15(14)21)28-16(20(22,23)24)6-7-27-18(29)12-17(25-19(27)28)26-8-10-30-11-9-26/h2-5,12-13,16H,6-11H2,1H3. The molecule has 1 fully saturated rings. The van der Waals surface area contributed by atoms with Gasteiger partial charge in [-0.3, -0.25) is 9.36 Å². The van der Waals surface area contributed by atoms with Crippen LogP contribution in [0.15, 0.2) is 35.1 Å². The van der Waals surface area contributed by atoms with Crippen LogP contribution < -0.4 is 15.4 Å². The number of fused-ring (bicyclic) bond motifs is 1. The lowest BCUT2D eigenvalue weighted by Gasteiger charge is -2.43. The number of hydrogen-bond donors (Lipinski definition) is 0. The fraction of sp³-hybridized carbons (Fsp3) is 0.500. The molecule has 2 unspecified atom stereocenters. The fourth-order valence-corrected chi connectivity index (χ4v) is 4.10. The molecule has 4 rings (SSSR count). The SMILES string of the molecule is CC(c1ccccc1F)N1c2nc(N3CCOCC3)cc(=O)n2CCC1C(F)(F)F. The van der Waals surface area contributed by atoms with Gasteiger partial charge in [0.15, 0.2) is 0 Å². The molecule has 2 atom stereocenters. The molecule has 0 radical (unpaired) electrons. The summed E-state index contributed by atoms with van der Waals surface area (Å²) >= 11 is 0. The first-order chi connectivity index (χ1) is 14.3. The third kappa shape index (κ3) is 3.76. The second kappa shape index (κ2) is 7.90. The molecule has 0 N–H and O–H groups in total. The first-order valence-corrected chi connectivity index (χ1v) is 9.81. The molecule has 0 bridgehead atoms. The molecule has 2 aromatic rings. The number of morpholine rings is 1. The van der Waals surface area contributed by atoms with Crippen molar-refractivity contribution < 1.29 is 22.3 Å². The zero-order valence-corrected chi connectivity index (χ0v) is 16.4. The van der Waals surface area contributed by atoms with Crippen molar-refractivity contribution in [1.82, 2.24) is 9.55 Å². The van der Waals surface area contributed by atoms with Crippen LogP contribution in [-0.2, 0) is 11.3 Å². The molecular formula is C20H22F4N4O2. The number of anilines is 2. The van der Waals surface area contributed by atoms with Gasteiger partial charge in [-0.05, 0) is 19.4 Å². The minimum absolute atomic E-state index is 0.0895. The average Bonchev–Trinajstić information content (AvgIpc) is 2.72. The quantitative estimate of drug-likeness (QED) is 0.706. The monoisotopic (exact) mass is 426 g/mol. The van der Waals surface area contributed by atoms with Gasteiger partial charge in [-0.15, -0.1) is 0 Å². The first kappa shape index (κ1) is 20.6. The van der Waals surface area contributed by atoms with E-state index in [1.54, 1.807) is 6.07 Å². The van der Waals surface area contributed by atoms with E-state index in [2.05, 4.69) is 4.98 Å². The van der Waals surface area contributed by atoms with Crippen molar-refractivity contribution in [3.05, 3.63) is 52.1 Å². The second-order valence-corrected chi connectivity index (χ2v) is 7.45. The second-order valence-electron chi connectivity index (χ2n) is 7.45. The van der Waals surface area contributed by atoms with Crippen LogP contribution in [0.2, 0.25) is 0 Å². The summed E-state index contributed by atoms with van der Waals surface area (Å²) in [7, 11) is 0. The summed E-state index contributed by atoms with van der Waals surface area (Å²) < 4.78 is 62.8. The summed E-state index contributed by atoms with van der Waals surface area (Å²) in [4.78, 5) is 20.0. The highest BCUT2D eigenvalue weighted by Gasteiger charge is 2.48. The van der Waals surface area contributed by atoms with E-state index in [0.29, 0.717) is 32.1 Å². The van der Waals surface area contributed by atoms with E-state index >= 15 is 0 Å². The van der Waals surface area contributed by atoms with Gasteiger partial charge in [0.05, 0.1) is 19.3 Å². The number of rotatable bonds is 3. The van der Waals surface area contributed by atoms with Crippen molar-refractivity contribution >= 4 is 11.8 Å². The van der Waals surface area contributed by atoms with Crippen LogP contribution in [-0.4, -0.2) is 48.1 Å². The van der Waals surface area contributed by atoms with Gasteiger partial charge in [-0.25, -0.2) is 4.39 Å². The summed E-state index contributed by atoms with van der Waals surface area (Å²) in [5.74, 6) is -0.383. The molecule has 6 nitrogen and oxygen atoms in total. The summed E-state index contributed by atoms with van der Waals surface area (Å²) in [6, 6.07) is 4.21. The van der Waals surface area contributed by atoms with E-state index in [1.165, 1.54) is 35.8 Å². The summed E-state index contributed by atoms with van der Waals surface area (Å²) in [6.45, 7) is 3.26.